The smallest absolute Gasteiger partial charge is 0.224 e. The Morgan fingerprint density at radius 2 is 2.00 bits per heavy atom. The van der Waals surface area contributed by atoms with Crippen LogP contribution < -0.4 is 0 Å². The van der Waals surface area contributed by atoms with Gasteiger partial charge in [0.1, 0.15) is 13.3 Å². The van der Waals surface area contributed by atoms with Crippen LogP contribution in [0.3, 0.4) is 0 Å². The number of benzene rings is 1. The van der Waals surface area contributed by atoms with E-state index in [2.05, 4.69) is 38.1 Å². The maximum Gasteiger partial charge on any atom is 0.224 e. The van der Waals surface area contributed by atoms with Gasteiger partial charge in [0.2, 0.25) is 5.96 Å². The summed E-state index contributed by atoms with van der Waals surface area (Å²) < 4.78 is 5.47. The maximum absolute atomic E-state index is 6.08. The molecule has 2 aliphatic rings. The summed E-state index contributed by atoms with van der Waals surface area (Å²) in [6.07, 6.45) is 3.70. The van der Waals surface area contributed by atoms with Crippen molar-refractivity contribution in [2.75, 3.05) is 33.0 Å². The number of nitrogens with one attached hydrogen (secondary N) is 1. The van der Waals surface area contributed by atoms with Gasteiger partial charge in [0.25, 0.3) is 0 Å². The number of rotatable bonds is 4. The van der Waals surface area contributed by atoms with E-state index in [4.69, 9.17) is 14.6 Å². The molecule has 1 saturated heterocycles. The quantitative estimate of drug-likeness (QED) is 0.740. The standard InChI is InChI=1S/C21H22N6O2/c1-2-8-22-16(4-1)14-29-27-15-24-21(26-10-12-28-13-11-26)25-20(27)18-5-3-6-19-17(18)7-9-23-19/h1-9,23H,10-15H2. The second-order valence-electron chi connectivity index (χ2n) is 6.85. The van der Waals surface area contributed by atoms with Crippen molar-refractivity contribution in [2.24, 2.45) is 9.98 Å². The van der Waals surface area contributed by atoms with E-state index in [1.807, 2.05) is 30.5 Å². The molecule has 29 heavy (non-hydrogen) atoms. The number of aromatic amines is 1. The lowest BCUT2D eigenvalue weighted by molar-refractivity contribution is -0.111. The minimum atomic E-state index is 0.353. The SMILES string of the molecule is c1ccc(CON2CN=C(N3CCOCC3)N=C2c2cccc3[nH]ccc23)nc1. The molecule has 0 amide bonds. The average Bonchev–Trinajstić information content (AvgIpc) is 3.28. The number of guanidine groups is 1. The number of hydrogen-bond acceptors (Lipinski definition) is 7. The van der Waals surface area contributed by atoms with Crippen LogP contribution in [0.2, 0.25) is 0 Å². The van der Waals surface area contributed by atoms with Crippen LogP contribution in [0.4, 0.5) is 0 Å². The first-order chi connectivity index (χ1) is 14.4. The number of aromatic nitrogens is 2. The number of hydrogen-bond donors (Lipinski definition) is 1. The molecule has 0 bridgehead atoms. The highest BCUT2D eigenvalue weighted by atomic mass is 16.7. The van der Waals surface area contributed by atoms with Gasteiger partial charge >= 0.3 is 0 Å². The molecule has 8 nitrogen and oxygen atoms in total. The Morgan fingerprint density at radius 1 is 1.07 bits per heavy atom. The van der Waals surface area contributed by atoms with Crippen LogP contribution in [0.1, 0.15) is 11.3 Å². The van der Waals surface area contributed by atoms with Gasteiger partial charge in [-0.2, -0.15) is 4.99 Å². The molecule has 2 aliphatic heterocycles. The molecule has 8 heteroatoms. The molecule has 148 valence electrons. The second-order valence-corrected chi connectivity index (χ2v) is 6.85. The summed E-state index contributed by atoms with van der Waals surface area (Å²) in [5, 5.41) is 2.85. The van der Waals surface area contributed by atoms with Crippen LogP contribution >= 0.6 is 0 Å². The minimum absolute atomic E-state index is 0.353. The monoisotopic (exact) mass is 390 g/mol. The topological polar surface area (TPSA) is 78.3 Å². The van der Waals surface area contributed by atoms with Crippen LogP contribution in [0, 0.1) is 0 Å². The third-order valence-electron chi connectivity index (χ3n) is 5.01. The Bertz CT molecular complexity index is 1040. The molecular formula is C21H22N6O2. The van der Waals surface area contributed by atoms with E-state index in [-0.39, 0.29) is 0 Å². The van der Waals surface area contributed by atoms with Crippen molar-refractivity contribution < 1.29 is 9.57 Å². The van der Waals surface area contributed by atoms with Crippen molar-refractivity contribution in [2.45, 2.75) is 6.61 Å². The molecular weight excluding hydrogens is 368 g/mol. The van der Waals surface area contributed by atoms with Crippen LogP contribution in [0.15, 0.2) is 64.8 Å². The number of aliphatic imine (C=N–C) groups is 2. The Kier molecular flexibility index (Phi) is 4.93. The third kappa shape index (κ3) is 3.72. The van der Waals surface area contributed by atoms with Gasteiger partial charge in [-0.15, -0.1) is 0 Å². The first-order valence-electron chi connectivity index (χ1n) is 9.71. The number of pyridine rings is 1. The van der Waals surface area contributed by atoms with Crippen LogP contribution in [0.5, 0.6) is 0 Å². The summed E-state index contributed by atoms with van der Waals surface area (Å²) in [5.41, 5.74) is 2.92. The van der Waals surface area contributed by atoms with Crippen molar-refractivity contribution in [3.63, 3.8) is 0 Å². The van der Waals surface area contributed by atoms with E-state index < -0.39 is 0 Å². The molecule has 0 unspecified atom stereocenters. The lowest BCUT2D eigenvalue weighted by Crippen LogP contribution is -2.44. The zero-order chi connectivity index (χ0) is 19.5. The lowest BCUT2D eigenvalue weighted by Gasteiger charge is -2.32. The zero-order valence-electron chi connectivity index (χ0n) is 16.0. The zero-order valence-corrected chi connectivity index (χ0v) is 16.0. The summed E-state index contributed by atoms with van der Waals surface area (Å²) >= 11 is 0. The predicted molar refractivity (Wildman–Crippen MR) is 110 cm³/mol. The second kappa shape index (κ2) is 8.02. The maximum atomic E-state index is 6.08. The molecule has 0 saturated carbocycles. The fourth-order valence-electron chi connectivity index (χ4n) is 3.52. The highest BCUT2D eigenvalue weighted by Gasteiger charge is 2.25. The van der Waals surface area contributed by atoms with E-state index >= 15 is 0 Å². The number of hydroxylamine groups is 2. The number of nitrogens with zero attached hydrogens (tertiary/aromatic N) is 5. The molecule has 0 atom stereocenters. The third-order valence-corrected chi connectivity index (χ3v) is 5.01. The number of ether oxygens (including phenoxy) is 1. The van der Waals surface area contributed by atoms with Gasteiger partial charge in [-0.1, -0.05) is 18.2 Å². The van der Waals surface area contributed by atoms with E-state index in [1.54, 1.807) is 11.3 Å². The Morgan fingerprint density at radius 3 is 2.86 bits per heavy atom. The first-order valence-corrected chi connectivity index (χ1v) is 9.71. The van der Waals surface area contributed by atoms with Crippen molar-refractivity contribution >= 4 is 22.7 Å². The minimum Gasteiger partial charge on any atom is -0.378 e. The van der Waals surface area contributed by atoms with Crippen molar-refractivity contribution in [1.82, 2.24) is 19.9 Å². The van der Waals surface area contributed by atoms with Gasteiger partial charge in [0.05, 0.1) is 18.9 Å². The van der Waals surface area contributed by atoms with Gasteiger partial charge < -0.3 is 14.6 Å². The predicted octanol–water partition coefficient (Wildman–Crippen LogP) is 2.40. The summed E-state index contributed by atoms with van der Waals surface area (Å²) in [5.74, 6) is 1.48. The molecule has 2 aromatic heterocycles. The van der Waals surface area contributed by atoms with E-state index in [0.717, 1.165) is 47.0 Å². The molecule has 1 N–H and O–H groups in total. The number of fused-ring (bicyclic) bond motifs is 1. The first kappa shape index (κ1) is 17.8. The molecule has 5 rings (SSSR count). The molecule has 0 radical (unpaired) electrons. The van der Waals surface area contributed by atoms with E-state index in [9.17, 15) is 0 Å². The summed E-state index contributed by atoms with van der Waals surface area (Å²) in [4.78, 5) is 25.4. The van der Waals surface area contributed by atoms with Gasteiger partial charge in [-0.3, -0.25) is 9.82 Å². The fraction of sp³-hybridized carbons (Fsp3) is 0.286. The van der Waals surface area contributed by atoms with Gasteiger partial charge in [-0.05, 0) is 24.3 Å². The molecule has 0 aliphatic carbocycles. The van der Waals surface area contributed by atoms with Gasteiger partial charge in [-0.25, -0.2) is 10.1 Å². The molecule has 4 heterocycles. The Balaban J connectivity index is 1.47. The molecule has 1 fully saturated rings. The Labute approximate surface area is 168 Å². The van der Waals surface area contributed by atoms with Crippen molar-refractivity contribution in [3.8, 4) is 0 Å². The number of amidine groups is 1. The van der Waals surface area contributed by atoms with Crippen molar-refractivity contribution in [1.29, 1.82) is 0 Å². The van der Waals surface area contributed by atoms with Crippen LogP contribution in [-0.4, -0.2) is 64.7 Å². The number of H-pyrrole nitrogens is 1. The normalized spacial score (nSPS) is 17.4. The van der Waals surface area contributed by atoms with E-state index in [0.29, 0.717) is 26.5 Å². The molecule has 3 aromatic rings. The summed E-state index contributed by atoms with van der Waals surface area (Å²) in [6, 6.07) is 14.0. The lowest BCUT2D eigenvalue weighted by atomic mass is 10.1. The highest BCUT2D eigenvalue weighted by molar-refractivity contribution is 6.13. The van der Waals surface area contributed by atoms with Crippen molar-refractivity contribution in [3.05, 3.63) is 66.1 Å². The fourth-order valence-corrected chi connectivity index (χ4v) is 3.52. The number of morpholine rings is 1. The van der Waals surface area contributed by atoms with Gasteiger partial charge in [0.15, 0.2) is 5.84 Å². The van der Waals surface area contributed by atoms with Crippen LogP contribution in [0.25, 0.3) is 10.9 Å². The largest absolute Gasteiger partial charge is 0.378 e. The van der Waals surface area contributed by atoms with E-state index in [1.165, 1.54) is 0 Å². The molecule has 0 spiro atoms. The highest BCUT2D eigenvalue weighted by Crippen LogP contribution is 2.22. The molecule has 1 aromatic carbocycles. The average molecular weight is 390 g/mol. The summed E-state index contributed by atoms with van der Waals surface area (Å²) in [7, 11) is 0. The summed E-state index contributed by atoms with van der Waals surface area (Å²) in [6.45, 7) is 3.69. The van der Waals surface area contributed by atoms with Gasteiger partial charge in [0, 0.05) is 41.9 Å². The Hall–Kier alpha value is -3.23. The van der Waals surface area contributed by atoms with Crippen LogP contribution in [-0.2, 0) is 16.2 Å².